The summed E-state index contributed by atoms with van der Waals surface area (Å²) in [5, 5.41) is 23.2. The number of hydrogen-bond donors (Lipinski definition) is 3. The van der Waals surface area contributed by atoms with Crippen LogP contribution in [0.3, 0.4) is 0 Å². The van der Waals surface area contributed by atoms with E-state index in [0.29, 0.717) is 11.1 Å². The molecule has 108 valence electrons. The number of benzene rings is 2. The first-order valence-corrected chi connectivity index (χ1v) is 6.43. The molecule has 3 N–H and O–H groups in total. The Morgan fingerprint density at radius 1 is 1.24 bits per heavy atom. The zero-order valence-corrected chi connectivity index (χ0v) is 11.5. The highest BCUT2D eigenvalue weighted by Gasteiger charge is 2.15. The second-order valence-corrected chi connectivity index (χ2v) is 4.61. The van der Waals surface area contributed by atoms with E-state index >= 15 is 0 Å². The van der Waals surface area contributed by atoms with Gasteiger partial charge in [-0.2, -0.15) is 5.10 Å². The highest BCUT2D eigenvalue weighted by atomic mass is 16.3. The maximum Gasteiger partial charge on any atom is 0.273 e. The molecule has 1 amide bonds. The molecule has 5 nitrogen and oxygen atoms in total. The molecule has 0 aliphatic carbocycles. The Bertz CT molecular complexity index is 654. The summed E-state index contributed by atoms with van der Waals surface area (Å²) in [5.41, 5.74) is 4.19. The van der Waals surface area contributed by atoms with Crippen molar-refractivity contribution in [1.29, 1.82) is 0 Å². The molecule has 0 unspecified atom stereocenters. The lowest BCUT2D eigenvalue weighted by Crippen LogP contribution is -2.25. The van der Waals surface area contributed by atoms with Crippen LogP contribution in [-0.2, 0) is 4.79 Å². The van der Waals surface area contributed by atoms with E-state index in [1.807, 2.05) is 6.92 Å². The molecule has 5 heteroatoms. The van der Waals surface area contributed by atoms with Gasteiger partial charge in [0.05, 0.1) is 6.21 Å². The summed E-state index contributed by atoms with van der Waals surface area (Å²) in [6.07, 6.45) is 0.0484. The number of phenolic OH excluding ortho intramolecular Hbond substituents is 1. The van der Waals surface area contributed by atoms with Crippen LogP contribution in [0.15, 0.2) is 53.6 Å². The smallest absolute Gasteiger partial charge is 0.273 e. The molecule has 1 atom stereocenters. The van der Waals surface area contributed by atoms with Crippen molar-refractivity contribution in [3.8, 4) is 5.75 Å². The molecule has 0 spiro atoms. The van der Waals surface area contributed by atoms with Crippen molar-refractivity contribution in [1.82, 2.24) is 5.43 Å². The Balaban J connectivity index is 2.01. The van der Waals surface area contributed by atoms with Gasteiger partial charge in [0.1, 0.15) is 5.75 Å². The van der Waals surface area contributed by atoms with Gasteiger partial charge in [0.2, 0.25) is 0 Å². The van der Waals surface area contributed by atoms with Crippen LogP contribution in [0.5, 0.6) is 5.75 Å². The number of carbonyl (C=O) groups excluding carboxylic acids is 1. The van der Waals surface area contributed by atoms with Crippen LogP contribution in [0.2, 0.25) is 0 Å². The van der Waals surface area contributed by atoms with Gasteiger partial charge in [0.25, 0.3) is 5.91 Å². The van der Waals surface area contributed by atoms with Gasteiger partial charge in [0, 0.05) is 5.56 Å². The van der Waals surface area contributed by atoms with Crippen molar-refractivity contribution in [2.45, 2.75) is 13.0 Å². The summed E-state index contributed by atoms with van der Waals surface area (Å²) >= 11 is 0. The lowest BCUT2D eigenvalue weighted by molar-refractivity contribution is -0.129. The van der Waals surface area contributed by atoms with Crippen LogP contribution in [0.4, 0.5) is 0 Å². The summed E-state index contributed by atoms with van der Waals surface area (Å²) in [5.74, 6) is -0.563. The van der Waals surface area contributed by atoms with E-state index in [4.69, 9.17) is 0 Å². The first kappa shape index (κ1) is 14.7. The lowest BCUT2D eigenvalue weighted by Gasteiger charge is -2.08. The van der Waals surface area contributed by atoms with Crippen LogP contribution in [0.1, 0.15) is 22.8 Å². The van der Waals surface area contributed by atoms with Crippen LogP contribution >= 0.6 is 0 Å². The molecule has 0 bridgehead atoms. The maximum atomic E-state index is 11.7. The van der Waals surface area contributed by atoms with Crippen molar-refractivity contribution in [3.63, 3.8) is 0 Å². The van der Waals surface area contributed by atoms with Crippen molar-refractivity contribution in [2.24, 2.45) is 5.10 Å². The van der Waals surface area contributed by atoms with E-state index in [1.165, 1.54) is 6.21 Å². The van der Waals surface area contributed by atoms with Crippen molar-refractivity contribution >= 4 is 12.1 Å². The summed E-state index contributed by atoms with van der Waals surface area (Å²) in [7, 11) is 0. The molecule has 2 aromatic rings. The van der Waals surface area contributed by atoms with Crippen LogP contribution < -0.4 is 5.43 Å². The number of phenols is 1. The Kier molecular flexibility index (Phi) is 4.68. The normalized spacial score (nSPS) is 12.3. The van der Waals surface area contributed by atoms with Crippen LogP contribution in [-0.4, -0.2) is 22.3 Å². The predicted molar refractivity (Wildman–Crippen MR) is 80.0 cm³/mol. The Hall–Kier alpha value is -2.66. The molecule has 0 fully saturated rings. The number of aliphatic hydroxyl groups is 1. The van der Waals surface area contributed by atoms with E-state index in [9.17, 15) is 15.0 Å². The number of hydrazone groups is 1. The Morgan fingerprint density at radius 3 is 2.67 bits per heavy atom. The molecular formula is C16H16N2O3. The average Bonchev–Trinajstić information content (AvgIpc) is 2.50. The highest BCUT2D eigenvalue weighted by molar-refractivity contribution is 5.86. The van der Waals surface area contributed by atoms with Gasteiger partial charge in [-0.3, -0.25) is 4.79 Å². The number of aryl methyl sites for hydroxylation is 1. The standard InChI is InChI=1S/C16H16N2O3/c1-11-7-8-14(19)13(9-11)10-17-18-16(21)15(20)12-5-3-2-4-6-12/h2-10,15,19-20H,1H3,(H,18,21)/b17-10+/t15-/m1/s1. The minimum atomic E-state index is -1.28. The van der Waals surface area contributed by atoms with E-state index in [1.54, 1.807) is 48.5 Å². The number of nitrogens with one attached hydrogen (secondary N) is 1. The van der Waals surface area contributed by atoms with Gasteiger partial charge in [-0.15, -0.1) is 0 Å². The van der Waals surface area contributed by atoms with Crippen molar-refractivity contribution < 1.29 is 15.0 Å². The maximum absolute atomic E-state index is 11.7. The third-order valence-electron chi connectivity index (χ3n) is 2.93. The molecule has 0 radical (unpaired) electrons. The average molecular weight is 284 g/mol. The second-order valence-electron chi connectivity index (χ2n) is 4.61. The molecule has 0 aromatic heterocycles. The SMILES string of the molecule is Cc1ccc(O)c(/C=N/NC(=O)[C@H](O)c2ccccc2)c1. The van der Waals surface area contributed by atoms with Gasteiger partial charge in [-0.05, 0) is 24.6 Å². The second kappa shape index (κ2) is 6.67. The molecule has 0 saturated heterocycles. The molecule has 0 aliphatic heterocycles. The first-order chi connectivity index (χ1) is 10.1. The van der Waals surface area contributed by atoms with E-state index < -0.39 is 12.0 Å². The molecule has 2 rings (SSSR count). The van der Waals surface area contributed by atoms with Crippen LogP contribution in [0.25, 0.3) is 0 Å². The van der Waals surface area contributed by atoms with Gasteiger partial charge >= 0.3 is 0 Å². The third-order valence-corrected chi connectivity index (χ3v) is 2.93. The highest BCUT2D eigenvalue weighted by Crippen LogP contribution is 2.16. The van der Waals surface area contributed by atoms with Gasteiger partial charge in [-0.1, -0.05) is 42.0 Å². The number of rotatable bonds is 4. The molecule has 0 saturated carbocycles. The fraction of sp³-hybridized carbons (Fsp3) is 0.125. The number of aliphatic hydroxyl groups excluding tert-OH is 1. The number of amides is 1. The van der Waals surface area contributed by atoms with Gasteiger partial charge in [-0.25, -0.2) is 5.43 Å². The zero-order valence-electron chi connectivity index (χ0n) is 11.5. The number of nitrogens with zero attached hydrogens (tertiary/aromatic N) is 1. The van der Waals surface area contributed by atoms with E-state index in [-0.39, 0.29) is 5.75 Å². The molecule has 21 heavy (non-hydrogen) atoms. The summed E-state index contributed by atoms with van der Waals surface area (Å²) < 4.78 is 0. The van der Waals surface area contributed by atoms with Gasteiger partial charge < -0.3 is 10.2 Å². The number of hydrogen-bond acceptors (Lipinski definition) is 4. The number of carbonyl (C=O) groups is 1. The molecule has 2 aromatic carbocycles. The Morgan fingerprint density at radius 2 is 1.95 bits per heavy atom. The minimum absolute atomic E-state index is 0.0715. The third kappa shape index (κ3) is 3.90. The summed E-state index contributed by atoms with van der Waals surface area (Å²) in [4.78, 5) is 11.7. The quantitative estimate of drug-likeness (QED) is 0.592. The zero-order chi connectivity index (χ0) is 15.2. The predicted octanol–water partition coefficient (Wildman–Crippen LogP) is 1.88. The van der Waals surface area contributed by atoms with Crippen LogP contribution in [0, 0.1) is 6.92 Å². The molecular weight excluding hydrogens is 268 g/mol. The monoisotopic (exact) mass is 284 g/mol. The topological polar surface area (TPSA) is 81.9 Å². The fourth-order valence-electron chi connectivity index (χ4n) is 1.79. The lowest BCUT2D eigenvalue weighted by atomic mass is 10.1. The van der Waals surface area contributed by atoms with Crippen molar-refractivity contribution in [2.75, 3.05) is 0 Å². The van der Waals surface area contributed by atoms with Gasteiger partial charge in [0.15, 0.2) is 6.10 Å². The van der Waals surface area contributed by atoms with E-state index in [2.05, 4.69) is 10.5 Å². The van der Waals surface area contributed by atoms with Crippen molar-refractivity contribution in [3.05, 3.63) is 65.2 Å². The van der Waals surface area contributed by atoms with E-state index in [0.717, 1.165) is 5.56 Å². The molecule has 0 heterocycles. The fourth-order valence-corrected chi connectivity index (χ4v) is 1.79. The Labute approximate surface area is 122 Å². The minimum Gasteiger partial charge on any atom is -0.507 e. The number of aromatic hydroxyl groups is 1. The summed E-state index contributed by atoms with van der Waals surface area (Å²) in [6.45, 7) is 1.88. The molecule has 0 aliphatic rings. The first-order valence-electron chi connectivity index (χ1n) is 6.43. The summed E-state index contributed by atoms with van der Waals surface area (Å²) in [6, 6.07) is 13.6. The largest absolute Gasteiger partial charge is 0.507 e.